The highest BCUT2D eigenvalue weighted by Gasteiger charge is 2.31. The van der Waals surface area contributed by atoms with Crippen molar-refractivity contribution in [2.24, 2.45) is 0 Å². The van der Waals surface area contributed by atoms with E-state index >= 15 is 0 Å². The summed E-state index contributed by atoms with van der Waals surface area (Å²) in [6.07, 6.45) is 3.76. The van der Waals surface area contributed by atoms with E-state index in [0.717, 1.165) is 38.8 Å². The van der Waals surface area contributed by atoms with Gasteiger partial charge in [0, 0.05) is 30.6 Å². The van der Waals surface area contributed by atoms with Crippen LogP contribution in [0.2, 0.25) is 0 Å². The van der Waals surface area contributed by atoms with E-state index < -0.39 is 10.2 Å². The molecular formula is C14H25N3O2S2. The van der Waals surface area contributed by atoms with Crippen LogP contribution < -0.4 is 10.0 Å². The summed E-state index contributed by atoms with van der Waals surface area (Å²) in [5.74, 6) is 0. The Kier molecular flexibility index (Phi) is 6.63. The number of hydrogen-bond acceptors (Lipinski definition) is 4. The van der Waals surface area contributed by atoms with E-state index in [1.165, 1.54) is 4.88 Å². The summed E-state index contributed by atoms with van der Waals surface area (Å²) in [7, 11) is -3.37. The number of hydrogen-bond donors (Lipinski definition) is 2. The van der Waals surface area contributed by atoms with Gasteiger partial charge in [-0.25, -0.2) is 4.72 Å². The van der Waals surface area contributed by atoms with Crippen LogP contribution in [0.25, 0.3) is 0 Å². The van der Waals surface area contributed by atoms with Gasteiger partial charge in [-0.05, 0) is 37.3 Å². The van der Waals surface area contributed by atoms with Gasteiger partial charge < -0.3 is 5.32 Å². The van der Waals surface area contributed by atoms with Gasteiger partial charge in [-0.2, -0.15) is 12.7 Å². The lowest BCUT2D eigenvalue weighted by molar-refractivity contribution is 0.244. The number of nitrogens with one attached hydrogen (secondary N) is 2. The first-order chi connectivity index (χ1) is 10.1. The fourth-order valence-electron chi connectivity index (χ4n) is 2.65. The number of likely N-dealkylation sites (N-methyl/N-ethyl adjacent to an activating group) is 1. The molecule has 1 aromatic heterocycles. The quantitative estimate of drug-likeness (QED) is 0.760. The second kappa shape index (κ2) is 8.24. The third-order valence-corrected chi connectivity index (χ3v) is 6.35. The van der Waals surface area contributed by atoms with Crippen LogP contribution in [0.4, 0.5) is 0 Å². The summed E-state index contributed by atoms with van der Waals surface area (Å²) in [5, 5.41) is 5.28. The maximum absolute atomic E-state index is 12.5. The lowest BCUT2D eigenvalue weighted by Crippen LogP contribution is -2.52. The van der Waals surface area contributed by atoms with Crippen molar-refractivity contribution >= 4 is 21.5 Å². The molecule has 0 radical (unpaired) electrons. The van der Waals surface area contributed by atoms with Crippen LogP contribution in [0.5, 0.6) is 0 Å². The zero-order chi connectivity index (χ0) is 15.1. The maximum atomic E-state index is 12.5. The molecule has 1 atom stereocenters. The fraction of sp³-hybridized carbons (Fsp3) is 0.714. The summed E-state index contributed by atoms with van der Waals surface area (Å²) in [5.41, 5.74) is 0. The van der Waals surface area contributed by atoms with Crippen molar-refractivity contribution in [2.45, 2.75) is 38.6 Å². The predicted molar refractivity (Wildman–Crippen MR) is 87.8 cm³/mol. The second-order valence-electron chi connectivity index (χ2n) is 5.30. The van der Waals surface area contributed by atoms with E-state index in [9.17, 15) is 8.42 Å². The molecule has 7 heteroatoms. The normalized spacial score (nSPS) is 20.7. The average molecular weight is 332 g/mol. The van der Waals surface area contributed by atoms with Gasteiger partial charge in [0.1, 0.15) is 0 Å². The van der Waals surface area contributed by atoms with Gasteiger partial charge in [0.2, 0.25) is 0 Å². The highest BCUT2D eigenvalue weighted by molar-refractivity contribution is 7.87. The molecule has 1 aliphatic heterocycles. The highest BCUT2D eigenvalue weighted by Crippen LogP contribution is 2.19. The van der Waals surface area contributed by atoms with Crippen LogP contribution in [-0.2, 0) is 16.6 Å². The Morgan fingerprint density at radius 3 is 3.00 bits per heavy atom. The van der Waals surface area contributed by atoms with Crippen molar-refractivity contribution in [2.75, 3.05) is 26.2 Å². The van der Waals surface area contributed by atoms with E-state index in [2.05, 4.69) is 10.0 Å². The number of rotatable bonds is 8. The molecule has 1 aliphatic rings. The van der Waals surface area contributed by atoms with E-state index in [1.807, 2.05) is 24.4 Å². The zero-order valence-corrected chi connectivity index (χ0v) is 14.2. The fourth-order valence-corrected chi connectivity index (χ4v) is 4.82. The Bertz CT molecular complexity index is 502. The van der Waals surface area contributed by atoms with Gasteiger partial charge in [0.25, 0.3) is 10.2 Å². The van der Waals surface area contributed by atoms with Crippen LogP contribution in [0.3, 0.4) is 0 Å². The Labute approximate surface area is 131 Å². The molecule has 2 heterocycles. The standard InChI is InChI=1S/C14H25N3O2S2/c1-2-15-12-13-6-3-4-10-17(13)21(18,19)16-9-8-14-7-5-11-20-14/h5,7,11,13,15-16H,2-4,6,8-10,12H2,1H3. The molecule has 0 bridgehead atoms. The number of nitrogens with zero attached hydrogens (tertiary/aromatic N) is 1. The van der Waals surface area contributed by atoms with Gasteiger partial charge >= 0.3 is 0 Å². The van der Waals surface area contributed by atoms with Crippen LogP contribution in [0.15, 0.2) is 17.5 Å². The lowest BCUT2D eigenvalue weighted by Gasteiger charge is -2.34. The SMILES string of the molecule is CCNCC1CCCCN1S(=O)(=O)NCCc1cccs1. The summed E-state index contributed by atoms with van der Waals surface area (Å²) in [6, 6.07) is 4.11. The Hall–Kier alpha value is -0.470. The van der Waals surface area contributed by atoms with Crippen LogP contribution >= 0.6 is 11.3 Å². The van der Waals surface area contributed by atoms with Crippen molar-refractivity contribution in [1.82, 2.24) is 14.3 Å². The monoisotopic (exact) mass is 331 g/mol. The Balaban J connectivity index is 1.89. The molecular weight excluding hydrogens is 306 g/mol. The first kappa shape index (κ1) is 16.9. The molecule has 2 rings (SSSR count). The topological polar surface area (TPSA) is 61.4 Å². The molecule has 0 spiro atoms. The predicted octanol–water partition coefficient (Wildman–Crippen LogP) is 1.59. The molecule has 0 amide bonds. The molecule has 0 aliphatic carbocycles. The molecule has 5 nitrogen and oxygen atoms in total. The Morgan fingerprint density at radius 1 is 1.43 bits per heavy atom. The molecule has 1 unspecified atom stereocenters. The van der Waals surface area contributed by atoms with Crippen molar-refractivity contribution in [3.05, 3.63) is 22.4 Å². The first-order valence-electron chi connectivity index (χ1n) is 7.63. The van der Waals surface area contributed by atoms with Gasteiger partial charge in [-0.3, -0.25) is 0 Å². The van der Waals surface area contributed by atoms with Gasteiger partial charge in [0.05, 0.1) is 0 Å². The van der Waals surface area contributed by atoms with E-state index in [4.69, 9.17) is 0 Å². The third kappa shape index (κ3) is 5.03. The minimum Gasteiger partial charge on any atom is -0.315 e. The molecule has 1 aromatic rings. The summed E-state index contributed by atoms with van der Waals surface area (Å²) >= 11 is 1.66. The second-order valence-corrected chi connectivity index (χ2v) is 8.04. The largest absolute Gasteiger partial charge is 0.315 e. The highest BCUT2D eigenvalue weighted by atomic mass is 32.2. The van der Waals surface area contributed by atoms with Gasteiger partial charge in [0.15, 0.2) is 0 Å². The minimum absolute atomic E-state index is 0.0814. The van der Waals surface area contributed by atoms with Crippen LogP contribution in [-0.4, -0.2) is 44.9 Å². The maximum Gasteiger partial charge on any atom is 0.279 e. The first-order valence-corrected chi connectivity index (χ1v) is 9.95. The van der Waals surface area contributed by atoms with E-state index in [0.29, 0.717) is 13.1 Å². The summed E-state index contributed by atoms with van der Waals surface area (Å²) < 4.78 is 29.4. The number of thiophene rings is 1. The van der Waals surface area contributed by atoms with Crippen molar-refractivity contribution in [3.63, 3.8) is 0 Å². The molecule has 0 aromatic carbocycles. The molecule has 0 saturated carbocycles. The third-order valence-electron chi connectivity index (χ3n) is 3.75. The minimum atomic E-state index is -3.37. The zero-order valence-electron chi connectivity index (χ0n) is 12.5. The summed E-state index contributed by atoms with van der Waals surface area (Å²) in [4.78, 5) is 1.21. The molecule has 2 N–H and O–H groups in total. The molecule has 21 heavy (non-hydrogen) atoms. The van der Waals surface area contributed by atoms with Gasteiger partial charge in [-0.15, -0.1) is 11.3 Å². The summed E-state index contributed by atoms with van der Waals surface area (Å²) in [6.45, 7) is 4.75. The van der Waals surface area contributed by atoms with E-state index in [-0.39, 0.29) is 6.04 Å². The smallest absolute Gasteiger partial charge is 0.279 e. The lowest BCUT2D eigenvalue weighted by atomic mass is 10.1. The van der Waals surface area contributed by atoms with Crippen molar-refractivity contribution in [1.29, 1.82) is 0 Å². The molecule has 1 fully saturated rings. The van der Waals surface area contributed by atoms with E-state index in [1.54, 1.807) is 15.6 Å². The number of piperidine rings is 1. The average Bonchev–Trinajstić information content (AvgIpc) is 2.98. The van der Waals surface area contributed by atoms with Crippen molar-refractivity contribution in [3.8, 4) is 0 Å². The van der Waals surface area contributed by atoms with Crippen LogP contribution in [0.1, 0.15) is 31.1 Å². The molecule has 120 valence electrons. The Morgan fingerprint density at radius 2 is 2.29 bits per heavy atom. The van der Waals surface area contributed by atoms with Crippen LogP contribution in [0, 0.1) is 0 Å². The molecule has 1 saturated heterocycles. The van der Waals surface area contributed by atoms with Gasteiger partial charge in [-0.1, -0.05) is 19.4 Å². The van der Waals surface area contributed by atoms with Crippen molar-refractivity contribution < 1.29 is 8.42 Å².